The molecule has 1 aromatic carbocycles. The first-order valence-electron chi connectivity index (χ1n) is 9.09. The van der Waals surface area contributed by atoms with Crippen LogP contribution in [0.2, 0.25) is 0 Å². The van der Waals surface area contributed by atoms with Gasteiger partial charge in [-0.05, 0) is 43.4 Å². The van der Waals surface area contributed by atoms with Gasteiger partial charge in [-0.1, -0.05) is 38.8 Å². The van der Waals surface area contributed by atoms with Crippen LogP contribution in [0.3, 0.4) is 0 Å². The molecule has 3 rings (SSSR count). The highest BCUT2D eigenvalue weighted by molar-refractivity contribution is 5.58. The van der Waals surface area contributed by atoms with Crippen molar-refractivity contribution in [2.24, 2.45) is 0 Å². The molecule has 1 aromatic heterocycles. The molecule has 0 aliphatic carbocycles. The van der Waals surface area contributed by atoms with E-state index in [1.807, 2.05) is 13.0 Å². The number of anilines is 3. The molecular formula is C20H28N4. The Morgan fingerprint density at radius 3 is 2.25 bits per heavy atom. The van der Waals surface area contributed by atoms with Crippen LogP contribution in [0, 0.1) is 6.92 Å². The minimum Gasteiger partial charge on any atom is -0.341 e. The van der Waals surface area contributed by atoms with Gasteiger partial charge in [0.15, 0.2) is 0 Å². The Labute approximate surface area is 145 Å². The third-order valence-electron chi connectivity index (χ3n) is 4.58. The van der Waals surface area contributed by atoms with Crippen molar-refractivity contribution in [2.45, 2.75) is 52.4 Å². The van der Waals surface area contributed by atoms with Gasteiger partial charge in [0.2, 0.25) is 5.95 Å². The summed E-state index contributed by atoms with van der Waals surface area (Å²) >= 11 is 0. The van der Waals surface area contributed by atoms with E-state index in [0.717, 1.165) is 36.2 Å². The van der Waals surface area contributed by atoms with Crippen molar-refractivity contribution in [1.29, 1.82) is 0 Å². The summed E-state index contributed by atoms with van der Waals surface area (Å²) in [6.07, 6.45) is 5.10. The molecule has 4 heteroatoms. The van der Waals surface area contributed by atoms with Gasteiger partial charge in [-0.15, -0.1) is 0 Å². The van der Waals surface area contributed by atoms with Gasteiger partial charge >= 0.3 is 0 Å². The van der Waals surface area contributed by atoms with Crippen molar-refractivity contribution in [3.63, 3.8) is 0 Å². The molecule has 1 fully saturated rings. The number of nitrogens with one attached hydrogen (secondary N) is 1. The Morgan fingerprint density at radius 2 is 1.62 bits per heavy atom. The molecule has 1 aliphatic rings. The molecule has 1 aliphatic heterocycles. The fourth-order valence-corrected chi connectivity index (χ4v) is 3.13. The lowest BCUT2D eigenvalue weighted by molar-refractivity contribution is 0.726. The van der Waals surface area contributed by atoms with E-state index < -0.39 is 0 Å². The number of hydrogen-bond acceptors (Lipinski definition) is 4. The Morgan fingerprint density at radius 1 is 0.958 bits per heavy atom. The second-order valence-electron chi connectivity index (χ2n) is 7.00. The molecule has 4 nitrogen and oxygen atoms in total. The predicted molar refractivity (Wildman–Crippen MR) is 101 cm³/mol. The Balaban J connectivity index is 1.77. The van der Waals surface area contributed by atoms with Crippen LogP contribution in [0.1, 0.15) is 56.7 Å². The van der Waals surface area contributed by atoms with Crippen molar-refractivity contribution in [1.82, 2.24) is 9.97 Å². The molecule has 128 valence electrons. The van der Waals surface area contributed by atoms with Gasteiger partial charge in [0.1, 0.15) is 5.82 Å². The van der Waals surface area contributed by atoms with E-state index in [1.165, 1.54) is 31.2 Å². The number of nitrogens with zero attached hydrogens (tertiary/aromatic N) is 3. The number of aryl methyl sites for hydroxylation is 1. The zero-order chi connectivity index (χ0) is 16.9. The maximum Gasteiger partial charge on any atom is 0.227 e. The average Bonchev–Trinajstić information content (AvgIpc) is 2.84. The second kappa shape index (κ2) is 7.65. The monoisotopic (exact) mass is 324 g/mol. The van der Waals surface area contributed by atoms with Crippen LogP contribution in [0.15, 0.2) is 30.3 Å². The smallest absolute Gasteiger partial charge is 0.227 e. The van der Waals surface area contributed by atoms with Crippen molar-refractivity contribution in [3.8, 4) is 0 Å². The third kappa shape index (κ3) is 4.25. The van der Waals surface area contributed by atoms with Crippen LogP contribution in [0.4, 0.5) is 17.5 Å². The lowest BCUT2D eigenvalue weighted by Gasteiger charge is -2.21. The number of rotatable bonds is 4. The van der Waals surface area contributed by atoms with E-state index in [9.17, 15) is 0 Å². The second-order valence-corrected chi connectivity index (χ2v) is 7.00. The maximum atomic E-state index is 4.76. The van der Waals surface area contributed by atoms with Crippen LogP contribution in [0.5, 0.6) is 0 Å². The summed E-state index contributed by atoms with van der Waals surface area (Å²) in [6.45, 7) is 8.58. The molecule has 0 saturated carbocycles. The zero-order valence-electron chi connectivity index (χ0n) is 15.0. The summed E-state index contributed by atoms with van der Waals surface area (Å²) < 4.78 is 0. The minimum atomic E-state index is 0.551. The van der Waals surface area contributed by atoms with Crippen molar-refractivity contribution < 1.29 is 0 Å². The van der Waals surface area contributed by atoms with Gasteiger partial charge in [0.05, 0.1) is 0 Å². The fraction of sp³-hybridized carbons (Fsp3) is 0.500. The van der Waals surface area contributed by atoms with Crippen molar-refractivity contribution in [2.75, 3.05) is 23.3 Å². The van der Waals surface area contributed by atoms with Gasteiger partial charge in [0.25, 0.3) is 0 Å². The largest absolute Gasteiger partial charge is 0.341 e. The summed E-state index contributed by atoms with van der Waals surface area (Å²) in [6, 6.07) is 10.6. The predicted octanol–water partition coefficient (Wildman–Crippen LogP) is 5.03. The number of aromatic nitrogens is 2. The highest BCUT2D eigenvalue weighted by Crippen LogP contribution is 2.22. The summed E-state index contributed by atoms with van der Waals surface area (Å²) in [4.78, 5) is 11.7. The highest BCUT2D eigenvalue weighted by atomic mass is 15.3. The van der Waals surface area contributed by atoms with Crippen LogP contribution >= 0.6 is 0 Å². The standard InChI is InChI=1S/C20H28N4/c1-15(2)17-8-10-18(11-9-17)22-19-14-16(3)21-20(23-19)24-12-6-4-5-7-13-24/h8-11,14-15H,4-7,12-13H2,1-3H3,(H,21,22,23). The minimum absolute atomic E-state index is 0.551. The van der Waals surface area contributed by atoms with Crippen LogP contribution in [0.25, 0.3) is 0 Å². The quantitative estimate of drug-likeness (QED) is 0.856. The molecule has 1 saturated heterocycles. The molecular weight excluding hydrogens is 296 g/mol. The summed E-state index contributed by atoms with van der Waals surface area (Å²) in [5.74, 6) is 2.28. The topological polar surface area (TPSA) is 41.1 Å². The SMILES string of the molecule is Cc1cc(Nc2ccc(C(C)C)cc2)nc(N2CCCCCC2)n1. The van der Waals surface area contributed by atoms with Gasteiger partial charge in [-0.2, -0.15) is 4.98 Å². The molecule has 0 spiro atoms. The van der Waals surface area contributed by atoms with E-state index in [4.69, 9.17) is 4.98 Å². The van der Waals surface area contributed by atoms with Crippen molar-refractivity contribution in [3.05, 3.63) is 41.6 Å². The van der Waals surface area contributed by atoms with E-state index in [0.29, 0.717) is 5.92 Å². The third-order valence-corrected chi connectivity index (χ3v) is 4.58. The average molecular weight is 324 g/mol. The van der Waals surface area contributed by atoms with E-state index >= 15 is 0 Å². The Bertz CT molecular complexity index is 656. The molecule has 0 unspecified atom stereocenters. The molecule has 2 aromatic rings. The first-order valence-corrected chi connectivity index (χ1v) is 9.09. The first-order chi connectivity index (χ1) is 11.6. The number of hydrogen-bond donors (Lipinski definition) is 1. The summed E-state index contributed by atoms with van der Waals surface area (Å²) in [5, 5.41) is 3.43. The van der Waals surface area contributed by atoms with Crippen LogP contribution in [-0.2, 0) is 0 Å². The van der Waals surface area contributed by atoms with E-state index in [2.05, 4.69) is 53.3 Å². The maximum absolute atomic E-state index is 4.76. The zero-order valence-corrected chi connectivity index (χ0v) is 15.0. The number of benzene rings is 1. The fourth-order valence-electron chi connectivity index (χ4n) is 3.13. The highest BCUT2D eigenvalue weighted by Gasteiger charge is 2.14. The van der Waals surface area contributed by atoms with Crippen LogP contribution in [-0.4, -0.2) is 23.1 Å². The molecule has 0 radical (unpaired) electrons. The molecule has 24 heavy (non-hydrogen) atoms. The van der Waals surface area contributed by atoms with Gasteiger partial charge < -0.3 is 10.2 Å². The van der Waals surface area contributed by atoms with Gasteiger partial charge in [-0.25, -0.2) is 4.98 Å². The summed E-state index contributed by atoms with van der Waals surface area (Å²) in [7, 11) is 0. The molecule has 0 bridgehead atoms. The molecule has 1 N–H and O–H groups in total. The molecule has 0 amide bonds. The van der Waals surface area contributed by atoms with Gasteiger partial charge in [0, 0.05) is 30.5 Å². The normalized spacial score (nSPS) is 15.4. The van der Waals surface area contributed by atoms with E-state index in [-0.39, 0.29) is 0 Å². The van der Waals surface area contributed by atoms with E-state index in [1.54, 1.807) is 0 Å². The molecule has 2 heterocycles. The van der Waals surface area contributed by atoms with Gasteiger partial charge in [-0.3, -0.25) is 0 Å². The lowest BCUT2D eigenvalue weighted by Crippen LogP contribution is -2.26. The summed E-state index contributed by atoms with van der Waals surface area (Å²) in [5.41, 5.74) is 3.43. The Kier molecular flexibility index (Phi) is 5.34. The van der Waals surface area contributed by atoms with Crippen molar-refractivity contribution >= 4 is 17.5 Å². The molecule has 0 atom stereocenters. The first kappa shape index (κ1) is 16.7. The van der Waals surface area contributed by atoms with Crippen LogP contribution < -0.4 is 10.2 Å². The lowest BCUT2D eigenvalue weighted by atomic mass is 10.0. The Hall–Kier alpha value is -2.10.